The maximum Gasteiger partial charge on any atom is 0.0311 e. The van der Waals surface area contributed by atoms with Crippen LogP contribution in [0.1, 0.15) is 0 Å². The summed E-state index contributed by atoms with van der Waals surface area (Å²) in [5, 5.41) is 6.33. The van der Waals surface area contributed by atoms with E-state index in [-0.39, 0.29) is 0 Å². The standard InChI is InChI=1S/C6H18N4.2H2O4S/c7-1-3-9-5-6-10-4-2-8;2*1-5(2,3)4/h9-10H,1-8H2;2*(H2,1,2,3,4)/p-4. The summed E-state index contributed by atoms with van der Waals surface area (Å²) in [5.41, 5.74) is 10.5. The average Bonchev–Trinajstić information content (AvgIpc) is 2.18. The number of nitrogens with two attached hydrogens (primary N) is 2. The average molecular weight is 338 g/mol. The first-order valence-corrected chi connectivity index (χ1v) is 7.73. The van der Waals surface area contributed by atoms with Crippen LogP contribution in [0.5, 0.6) is 0 Å². The van der Waals surface area contributed by atoms with E-state index in [0.717, 1.165) is 26.2 Å². The Hall–Kier alpha value is -0.420. The summed E-state index contributed by atoms with van der Waals surface area (Å²) in [7, 11) is -10.3. The lowest BCUT2D eigenvalue weighted by Gasteiger charge is -2.06. The third kappa shape index (κ3) is 112. The van der Waals surface area contributed by atoms with E-state index in [9.17, 15) is 0 Å². The van der Waals surface area contributed by atoms with Crippen LogP contribution in [0.4, 0.5) is 0 Å². The summed E-state index contributed by atoms with van der Waals surface area (Å²) in [6.07, 6.45) is 0. The molecule has 0 saturated carbocycles. The third-order valence-corrected chi connectivity index (χ3v) is 1.12. The zero-order chi connectivity index (χ0) is 16.7. The minimum absolute atomic E-state index is 0.705. The van der Waals surface area contributed by atoms with Crippen LogP contribution in [0.3, 0.4) is 0 Å². The second kappa shape index (κ2) is 15.0. The molecule has 0 heterocycles. The molecule has 0 fully saturated rings. The predicted molar refractivity (Wildman–Crippen MR) is 64.8 cm³/mol. The largest absolute Gasteiger partial charge is 0.759 e. The Morgan fingerprint density at radius 3 is 1.00 bits per heavy atom. The molecule has 6 N–H and O–H groups in total. The van der Waals surface area contributed by atoms with E-state index in [4.69, 9.17) is 46.5 Å². The highest BCUT2D eigenvalue weighted by Crippen LogP contribution is 1.58. The van der Waals surface area contributed by atoms with Gasteiger partial charge in [-0.2, -0.15) is 0 Å². The van der Waals surface area contributed by atoms with Gasteiger partial charge in [-0.3, -0.25) is 16.8 Å². The molecule has 0 bridgehead atoms. The smallest absolute Gasteiger partial charge is 0.0311 e. The summed E-state index contributed by atoms with van der Waals surface area (Å²) in [6, 6.07) is 0. The van der Waals surface area contributed by atoms with Gasteiger partial charge < -0.3 is 40.3 Å². The van der Waals surface area contributed by atoms with Gasteiger partial charge in [0, 0.05) is 60.1 Å². The summed E-state index contributed by atoms with van der Waals surface area (Å²) >= 11 is 0. The number of hydrogen-bond acceptors (Lipinski definition) is 12. The molecule has 14 heteroatoms. The van der Waals surface area contributed by atoms with Crippen molar-refractivity contribution in [2.24, 2.45) is 11.5 Å². The van der Waals surface area contributed by atoms with E-state index >= 15 is 0 Å². The van der Waals surface area contributed by atoms with Gasteiger partial charge in [0.05, 0.1) is 0 Å². The first-order chi connectivity index (χ1) is 8.91. The molecule has 0 spiro atoms. The van der Waals surface area contributed by atoms with E-state index in [1.54, 1.807) is 0 Å². The van der Waals surface area contributed by atoms with Crippen molar-refractivity contribution < 1.29 is 35.0 Å². The van der Waals surface area contributed by atoms with Crippen LogP contribution in [0.15, 0.2) is 0 Å². The second-order valence-electron chi connectivity index (χ2n) is 2.89. The molecule has 0 aliphatic heterocycles. The van der Waals surface area contributed by atoms with Gasteiger partial charge in [0.2, 0.25) is 0 Å². The Morgan fingerprint density at radius 1 is 0.650 bits per heavy atom. The molecule has 0 saturated heterocycles. The Bertz CT molecular complexity index is 330. The van der Waals surface area contributed by atoms with E-state index in [0.29, 0.717) is 13.1 Å². The minimum Gasteiger partial charge on any atom is -0.759 e. The van der Waals surface area contributed by atoms with Crippen LogP contribution < -0.4 is 22.1 Å². The molecule has 0 aromatic rings. The summed E-state index contributed by atoms with van der Waals surface area (Å²) in [4.78, 5) is 0. The lowest BCUT2D eigenvalue weighted by molar-refractivity contribution is 0.350. The lowest BCUT2D eigenvalue weighted by Crippen LogP contribution is -2.32. The molecule has 0 rings (SSSR count). The van der Waals surface area contributed by atoms with Gasteiger partial charge in [-0.1, -0.05) is 0 Å². The molecule has 12 nitrogen and oxygen atoms in total. The van der Waals surface area contributed by atoms with Crippen molar-refractivity contribution >= 4 is 20.8 Å². The van der Waals surface area contributed by atoms with Crippen molar-refractivity contribution in [3.8, 4) is 0 Å². The van der Waals surface area contributed by atoms with Crippen LogP contribution in [-0.4, -0.2) is 74.3 Å². The quantitative estimate of drug-likeness (QED) is 0.195. The third-order valence-electron chi connectivity index (χ3n) is 1.12. The Morgan fingerprint density at radius 2 is 0.850 bits per heavy atom. The van der Waals surface area contributed by atoms with Crippen LogP contribution in [0.2, 0.25) is 0 Å². The van der Waals surface area contributed by atoms with Gasteiger partial charge in [-0.05, 0) is 0 Å². The maximum absolute atomic E-state index is 8.52. The van der Waals surface area contributed by atoms with Crippen LogP contribution >= 0.6 is 0 Å². The SMILES string of the molecule is NCCNCCNCCN.O=S(=O)([O-])[O-].O=S(=O)([O-])[O-]. The topological polar surface area (TPSA) is 237 Å². The van der Waals surface area contributed by atoms with Crippen LogP contribution in [0.25, 0.3) is 0 Å². The monoisotopic (exact) mass is 338 g/mol. The van der Waals surface area contributed by atoms with Crippen molar-refractivity contribution in [1.29, 1.82) is 0 Å². The lowest BCUT2D eigenvalue weighted by atomic mass is 10.5. The van der Waals surface area contributed by atoms with Crippen LogP contribution in [-0.2, 0) is 20.8 Å². The summed E-state index contributed by atoms with van der Waals surface area (Å²) in [5.74, 6) is 0. The van der Waals surface area contributed by atoms with Crippen LogP contribution in [0, 0.1) is 0 Å². The van der Waals surface area contributed by atoms with E-state index in [1.165, 1.54) is 0 Å². The van der Waals surface area contributed by atoms with Crippen molar-refractivity contribution in [1.82, 2.24) is 10.6 Å². The van der Waals surface area contributed by atoms with Crippen molar-refractivity contribution in [3.05, 3.63) is 0 Å². The molecular formula is C6H18N4O8S2-4. The Balaban J connectivity index is -0.000000244. The molecule has 20 heavy (non-hydrogen) atoms. The van der Waals surface area contributed by atoms with E-state index in [2.05, 4.69) is 10.6 Å². The van der Waals surface area contributed by atoms with Gasteiger partial charge in [0.15, 0.2) is 0 Å². The minimum atomic E-state index is -5.17. The van der Waals surface area contributed by atoms with Crippen molar-refractivity contribution in [3.63, 3.8) is 0 Å². The summed E-state index contributed by atoms with van der Waals surface area (Å²) in [6.45, 7) is 5.14. The highest BCUT2D eigenvalue weighted by molar-refractivity contribution is 7.79. The number of hydrogen-bond donors (Lipinski definition) is 4. The zero-order valence-electron chi connectivity index (χ0n) is 10.5. The normalized spacial score (nSPS) is 10.9. The van der Waals surface area contributed by atoms with Gasteiger partial charge in [0.25, 0.3) is 0 Å². The Labute approximate surface area is 118 Å². The molecule has 0 aromatic heterocycles. The van der Waals surface area contributed by atoms with Crippen molar-refractivity contribution in [2.45, 2.75) is 0 Å². The maximum atomic E-state index is 8.52. The van der Waals surface area contributed by atoms with Gasteiger partial charge in [-0.25, -0.2) is 0 Å². The fraction of sp³-hybridized carbons (Fsp3) is 1.00. The van der Waals surface area contributed by atoms with Gasteiger partial charge in [-0.15, -0.1) is 0 Å². The molecular weight excluding hydrogens is 320 g/mol. The molecule has 0 radical (unpaired) electrons. The molecule has 0 unspecified atom stereocenters. The highest BCUT2D eigenvalue weighted by atomic mass is 32.3. The number of rotatable bonds is 7. The first-order valence-electron chi connectivity index (χ1n) is 5.06. The fourth-order valence-corrected chi connectivity index (χ4v) is 0.631. The van der Waals surface area contributed by atoms with E-state index < -0.39 is 20.8 Å². The highest BCUT2D eigenvalue weighted by Gasteiger charge is 1.83. The van der Waals surface area contributed by atoms with Gasteiger partial charge >= 0.3 is 0 Å². The molecule has 0 atom stereocenters. The predicted octanol–water partition coefficient (Wildman–Crippen LogP) is -4.59. The molecule has 0 aromatic carbocycles. The molecule has 126 valence electrons. The summed E-state index contributed by atoms with van der Waals surface area (Å²) < 4.78 is 68.2. The second-order valence-corrected chi connectivity index (χ2v) is 4.53. The Kier molecular flexibility index (Phi) is 18.4. The number of nitrogens with one attached hydrogen (secondary N) is 2. The molecule has 0 aliphatic rings. The molecule has 0 aliphatic carbocycles. The zero-order valence-corrected chi connectivity index (χ0v) is 12.1. The fourth-order valence-electron chi connectivity index (χ4n) is 0.631. The molecule has 0 amide bonds. The van der Waals surface area contributed by atoms with E-state index in [1.807, 2.05) is 0 Å². The van der Waals surface area contributed by atoms with Crippen molar-refractivity contribution in [2.75, 3.05) is 39.3 Å². The first kappa shape index (κ1) is 24.6. The van der Waals surface area contributed by atoms with Gasteiger partial charge in [0.1, 0.15) is 0 Å².